The fourth-order valence-corrected chi connectivity index (χ4v) is 2.42. The Bertz CT molecular complexity index is 511. The second kappa shape index (κ2) is 7.08. The summed E-state index contributed by atoms with van der Waals surface area (Å²) >= 11 is 0. The van der Waals surface area contributed by atoms with E-state index in [0.29, 0.717) is 24.3 Å². The maximum atomic E-state index is 12.2. The molecule has 0 spiro atoms. The van der Waals surface area contributed by atoms with E-state index in [1.165, 1.54) is 0 Å². The molecule has 1 aromatic carbocycles. The van der Waals surface area contributed by atoms with Crippen molar-refractivity contribution < 1.29 is 14.7 Å². The van der Waals surface area contributed by atoms with Crippen molar-refractivity contribution in [1.29, 1.82) is 0 Å². The Balaban J connectivity index is 1.98. The smallest absolute Gasteiger partial charge is 0.321 e. The van der Waals surface area contributed by atoms with Gasteiger partial charge in [0.15, 0.2) is 0 Å². The zero-order valence-corrected chi connectivity index (χ0v) is 12.2. The molecule has 1 aliphatic heterocycles. The Hall–Kier alpha value is -2.08. The molecule has 6 heteroatoms. The molecule has 1 fully saturated rings. The lowest BCUT2D eigenvalue weighted by atomic mass is 10.1. The van der Waals surface area contributed by atoms with Gasteiger partial charge in [-0.15, -0.1) is 0 Å². The van der Waals surface area contributed by atoms with Gasteiger partial charge in [-0.25, -0.2) is 4.79 Å². The number of nitrogens with zero attached hydrogens (tertiary/aromatic N) is 2. The van der Waals surface area contributed by atoms with Gasteiger partial charge in [0.05, 0.1) is 6.42 Å². The normalized spacial score (nSPS) is 15.8. The van der Waals surface area contributed by atoms with E-state index in [2.05, 4.69) is 17.1 Å². The van der Waals surface area contributed by atoms with Gasteiger partial charge in [0.1, 0.15) is 0 Å². The van der Waals surface area contributed by atoms with Crippen LogP contribution in [0.5, 0.6) is 0 Å². The number of hydrogen-bond acceptors (Lipinski definition) is 3. The molecule has 0 saturated carbocycles. The van der Waals surface area contributed by atoms with Gasteiger partial charge in [-0.05, 0) is 18.2 Å². The number of carbonyl (C=O) groups excluding carboxylic acids is 1. The fourth-order valence-electron chi connectivity index (χ4n) is 2.42. The average Bonchev–Trinajstić information content (AvgIpc) is 2.49. The minimum Gasteiger partial charge on any atom is -0.481 e. The summed E-state index contributed by atoms with van der Waals surface area (Å²) in [5.41, 5.74) is 1.19. The van der Waals surface area contributed by atoms with Gasteiger partial charge in [0, 0.05) is 31.9 Å². The first-order chi connectivity index (χ1) is 10.1. The summed E-state index contributed by atoms with van der Waals surface area (Å²) in [4.78, 5) is 27.2. The minimum atomic E-state index is -0.909. The topological polar surface area (TPSA) is 72.9 Å². The molecule has 0 atom stereocenters. The summed E-state index contributed by atoms with van der Waals surface area (Å²) in [5.74, 6) is -0.909. The Morgan fingerprint density at radius 1 is 1.19 bits per heavy atom. The standard InChI is InChI=1S/C15H21N3O3/c1-2-17-7-9-18(10-8-17)15(21)16-13-6-4-3-5-12(13)11-14(19)20/h3-6H,2,7-11H2,1H3,(H,16,21)(H,19,20). The number of carboxylic acids is 1. The minimum absolute atomic E-state index is 0.0972. The molecule has 2 amide bonds. The summed E-state index contributed by atoms with van der Waals surface area (Å²) in [5, 5.41) is 11.7. The average molecular weight is 291 g/mol. The van der Waals surface area contributed by atoms with Crippen LogP contribution in [0, 0.1) is 0 Å². The van der Waals surface area contributed by atoms with E-state index in [0.717, 1.165) is 19.6 Å². The first-order valence-corrected chi connectivity index (χ1v) is 7.18. The van der Waals surface area contributed by atoms with Crippen LogP contribution in [0.25, 0.3) is 0 Å². The third-order valence-electron chi connectivity index (χ3n) is 3.71. The maximum Gasteiger partial charge on any atom is 0.321 e. The zero-order chi connectivity index (χ0) is 15.2. The number of amides is 2. The number of rotatable bonds is 4. The monoisotopic (exact) mass is 291 g/mol. The van der Waals surface area contributed by atoms with Crippen LogP contribution >= 0.6 is 0 Å². The molecular formula is C15H21N3O3. The van der Waals surface area contributed by atoms with E-state index in [-0.39, 0.29) is 12.5 Å². The number of para-hydroxylation sites is 1. The number of nitrogens with one attached hydrogen (secondary N) is 1. The molecule has 0 aliphatic carbocycles. The maximum absolute atomic E-state index is 12.2. The van der Waals surface area contributed by atoms with Gasteiger partial charge < -0.3 is 20.2 Å². The Kier molecular flexibility index (Phi) is 5.16. The number of anilines is 1. The van der Waals surface area contributed by atoms with Crippen LogP contribution in [0.4, 0.5) is 10.5 Å². The highest BCUT2D eigenvalue weighted by Gasteiger charge is 2.20. The number of piperazine rings is 1. The van der Waals surface area contributed by atoms with Gasteiger partial charge in [0.2, 0.25) is 0 Å². The summed E-state index contributed by atoms with van der Waals surface area (Å²) < 4.78 is 0. The summed E-state index contributed by atoms with van der Waals surface area (Å²) in [7, 11) is 0. The lowest BCUT2D eigenvalue weighted by Gasteiger charge is -2.34. The van der Waals surface area contributed by atoms with Gasteiger partial charge >= 0.3 is 12.0 Å². The number of carbonyl (C=O) groups is 2. The van der Waals surface area contributed by atoms with Crippen LogP contribution in [0.1, 0.15) is 12.5 Å². The zero-order valence-electron chi connectivity index (χ0n) is 12.2. The van der Waals surface area contributed by atoms with E-state index in [1.807, 2.05) is 0 Å². The van der Waals surface area contributed by atoms with Gasteiger partial charge in [-0.1, -0.05) is 25.1 Å². The van der Waals surface area contributed by atoms with Crippen LogP contribution in [0.2, 0.25) is 0 Å². The van der Waals surface area contributed by atoms with Crippen LogP contribution in [-0.2, 0) is 11.2 Å². The molecular weight excluding hydrogens is 270 g/mol. The third kappa shape index (κ3) is 4.19. The van der Waals surface area contributed by atoms with Crippen LogP contribution < -0.4 is 5.32 Å². The van der Waals surface area contributed by atoms with E-state index in [9.17, 15) is 9.59 Å². The highest BCUT2D eigenvalue weighted by Crippen LogP contribution is 2.16. The van der Waals surface area contributed by atoms with E-state index >= 15 is 0 Å². The van der Waals surface area contributed by atoms with Gasteiger partial charge in [0.25, 0.3) is 0 Å². The molecule has 6 nitrogen and oxygen atoms in total. The van der Waals surface area contributed by atoms with Gasteiger partial charge in [-0.3, -0.25) is 4.79 Å². The number of benzene rings is 1. The van der Waals surface area contributed by atoms with Crippen molar-refractivity contribution in [3.8, 4) is 0 Å². The summed E-state index contributed by atoms with van der Waals surface area (Å²) in [6.45, 7) is 6.25. The summed E-state index contributed by atoms with van der Waals surface area (Å²) in [6.07, 6.45) is -0.0972. The van der Waals surface area contributed by atoms with Crippen molar-refractivity contribution in [3.05, 3.63) is 29.8 Å². The summed E-state index contributed by atoms with van der Waals surface area (Å²) in [6, 6.07) is 6.85. The van der Waals surface area contributed by atoms with Crippen molar-refractivity contribution in [2.24, 2.45) is 0 Å². The van der Waals surface area contributed by atoms with E-state index < -0.39 is 5.97 Å². The van der Waals surface area contributed by atoms with Gasteiger partial charge in [-0.2, -0.15) is 0 Å². The first-order valence-electron chi connectivity index (χ1n) is 7.18. The van der Waals surface area contributed by atoms with E-state index in [1.54, 1.807) is 29.2 Å². The molecule has 1 aliphatic rings. The highest BCUT2D eigenvalue weighted by atomic mass is 16.4. The lowest BCUT2D eigenvalue weighted by molar-refractivity contribution is -0.136. The van der Waals surface area contributed by atoms with Crippen molar-refractivity contribution in [2.45, 2.75) is 13.3 Å². The molecule has 0 unspecified atom stereocenters. The molecule has 114 valence electrons. The molecule has 0 bridgehead atoms. The van der Waals surface area contributed by atoms with Crippen LogP contribution in [-0.4, -0.2) is 59.6 Å². The largest absolute Gasteiger partial charge is 0.481 e. The van der Waals surface area contributed by atoms with Crippen LogP contribution in [0.3, 0.4) is 0 Å². The molecule has 21 heavy (non-hydrogen) atoms. The second-order valence-corrected chi connectivity index (χ2v) is 5.08. The number of hydrogen-bond donors (Lipinski definition) is 2. The lowest BCUT2D eigenvalue weighted by Crippen LogP contribution is -2.49. The molecule has 0 aromatic heterocycles. The Labute approximate surface area is 124 Å². The number of aliphatic carboxylic acids is 1. The van der Waals surface area contributed by atoms with Crippen molar-refractivity contribution in [2.75, 3.05) is 38.0 Å². The predicted octanol–water partition coefficient (Wildman–Crippen LogP) is 1.48. The number of urea groups is 1. The number of carboxylic acid groups (broad SMARTS) is 1. The molecule has 1 heterocycles. The third-order valence-corrected chi connectivity index (χ3v) is 3.71. The molecule has 0 radical (unpaired) electrons. The SMILES string of the molecule is CCN1CCN(C(=O)Nc2ccccc2CC(=O)O)CC1. The highest BCUT2D eigenvalue weighted by molar-refractivity contribution is 5.91. The molecule has 1 aromatic rings. The quantitative estimate of drug-likeness (QED) is 0.881. The first kappa shape index (κ1) is 15.3. The Morgan fingerprint density at radius 3 is 2.48 bits per heavy atom. The Morgan fingerprint density at radius 2 is 1.86 bits per heavy atom. The van der Waals surface area contributed by atoms with Crippen molar-refractivity contribution in [1.82, 2.24) is 9.80 Å². The molecule has 2 rings (SSSR count). The van der Waals surface area contributed by atoms with Crippen LogP contribution in [0.15, 0.2) is 24.3 Å². The predicted molar refractivity (Wildman–Crippen MR) is 80.5 cm³/mol. The van der Waals surface area contributed by atoms with Crippen molar-refractivity contribution in [3.63, 3.8) is 0 Å². The fraction of sp³-hybridized carbons (Fsp3) is 0.467. The van der Waals surface area contributed by atoms with E-state index in [4.69, 9.17) is 5.11 Å². The van der Waals surface area contributed by atoms with Crippen molar-refractivity contribution >= 4 is 17.7 Å². The molecule has 2 N–H and O–H groups in total. The molecule has 1 saturated heterocycles. The second-order valence-electron chi connectivity index (χ2n) is 5.08. The number of likely N-dealkylation sites (N-methyl/N-ethyl adjacent to an activating group) is 1.